The number of anilines is 6. The molecule has 7 heteroatoms. The van der Waals surface area contributed by atoms with Crippen LogP contribution in [0.1, 0.15) is 25.0 Å². The Bertz CT molecular complexity index is 10000. The number of para-hydroxylation sites is 5. The van der Waals surface area contributed by atoms with Crippen LogP contribution in [0.4, 0.5) is 34.1 Å². The van der Waals surface area contributed by atoms with E-state index in [9.17, 15) is 0 Å². The summed E-state index contributed by atoms with van der Waals surface area (Å²) >= 11 is 0. The molecule has 0 N–H and O–H groups in total. The molecule has 0 radical (unpaired) electrons. The third-order valence-electron chi connectivity index (χ3n) is 31.4. The highest BCUT2D eigenvalue weighted by Crippen LogP contribution is 2.57. The molecule has 0 saturated heterocycles. The molecule has 0 bridgehead atoms. The van der Waals surface area contributed by atoms with E-state index in [2.05, 4.69) is 547 Å². The largest absolute Gasteiger partial charge is 0.316 e. The molecular formula is C143H95N7. The molecule has 7 nitrogen and oxygen atoms in total. The van der Waals surface area contributed by atoms with Gasteiger partial charge in [0.1, 0.15) is 5.69 Å². The summed E-state index contributed by atoms with van der Waals surface area (Å²) in [5, 5.41) is 11.4. The predicted octanol–water partition coefficient (Wildman–Crippen LogP) is 38.5. The van der Waals surface area contributed by atoms with E-state index in [0.29, 0.717) is 0 Å². The summed E-state index contributed by atoms with van der Waals surface area (Å²) in [6.45, 7) is 4.70. The van der Waals surface area contributed by atoms with Crippen molar-refractivity contribution in [1.82, 2.24) is 23.7 Å². The van der Waals surface area contributed by atoms with Gasteiger partial charge in [0, 0.05) is 108 Å². The van der Waals surface area contributed by atoms with Gasteiger partial charge in [-0.05, 0) is 324 Å². The first-order chi connectivity index (χ1) is 74.1. The molecule has 4 aromatic heterocycles. The van der Waals surface area contributed by atoms with Crippen LogP contribution < -0.4 is 9.80 Å². The Balaban J connectivity index is 0.000000107. The lowest BCUT2D eigenvalue weighted by molar-refractivity contribution is 0.660. The average molecular weight is 1910 g/mol. The Kier molecular flexibility index (Phi) is 20.6. The minimum atomic E-state index is -0.0720. The second kappa shape index (κ2) is 35.4. The SMILES string of the molecule is CC1(C)c2ccccc2-c2ccc(N(c3ccccc3)c3ccc(-c4ccc(-n5cc6c7c(cccc75)-c5ccccc5-c5cc7ccccc7cc5-6)cc4)cc3)cc21.c1ccc(-c2nc3ccccc3nc2-n2cc3c4c(cccc42)-c2ccccc2-c2cc4ccccc4cc2-3)cc1.c1ccc(N(c2ccccc2)c2ccc(-c3ccc(-n4cc5c6c(cccc64)-c4ccccc4-c4cc6ccccc6cc4-5)cc3)cc2)cc1. The zero-order valence-electron chi connectivity index (χ0n) is 82.5. The summed E-state index contributed by atoms with van der Waals surface area (Å²) in [6, 6.07) is 189. The molecule has 4 aliphatic rings. The minimum absolute atomic E-state index is 0.0720. The van der Waals surface area contributed by atoms with Gasteiger partial charge in [0.15, 0.2) is 5.82 Å². The van der Waals surface area contributed by atoms with E-state index in [1.807, 2.05) is 30.3 Å². The fourth-order valence-corrected chi connectivity index (χ4v) is 24.3. The van der Waals surface area contributed by atoms with Gasteiger partial charge in [-0.1, -0.05) is 372 Å². The second-order valence-corrected chi connectivity index (χ2v) is 40.2. The van der Waals surface area contributed by atoms with E-state index in [1.165, 1.54) is 204 Å². The van der Waals surface area contributed by atoms with Crippen molar-refractivity contribution in [2.75, 3.05) is 9.80 Å². The molecule has 150 heavy (non-hydrogen) atoms. The van der Waals surface area contributed by atoms with Crippen LogP contribution in [0, 0.1) is 0 Å². The number of aromatic nitrogens is 5. The summed E-state index contributed by atoms with van der Waals surface area (Å²) in [5.41, 5.74) is 49.3. The van der Waals surface area contributed by atoms with Crippen LogP contribution in [0.25, 0.3) is 238 Å². The molecular weight excluding hydrogens is 1820 g/mol. The third-order valence-corrected chi connectivity index (χ3v) is 31.4. The Labute approximate surface area is 870 Å². The van der Waals surface area contributed by atoms with E-state index < -0.39 is 0 Å². The second-order valence-electron chi connectivity index (χ2n) is 40.2. The summed E-state index contributed by atoms with van der Waals surface area (Å²) < 4.78 is 7.00. The van der Waals surface area contributed by atoms with Crippen LogP contribution in [0.3, 0.4) is 0 Å². The van der Waals surface area contributed by atoms with Crippen molar-refractivity contribution in [3.63, 3.8) is 0 Å². The van der Waals surface area contributed by atoms with Crippen molar-refractivity contribution in [1.29, 1.82) is 0 Å². The highest BCUT2D eigenvalue weighted by molar-refractivity contribution is 6.19. The van der Waals surface area contributed by atoms with E-state index in [-0.39, 0.29) is 5.41 Å². The molecule has 0 spiro atoms. The minimum Gasteiger partial charge on any atom is -0.316 e. The van der Waals surface area contributed by atoms with Gasteiger partial charge in [0.2, 0.25) is 0 Å². The van der Waals surface area contributed by atoms with Gasteiger partial charge in [-0.25, -0.2) is 9.97 Å². The van der Waals surface area contributed by atoms with Gasteiger partial charge in [0.05, 0.1) is 27.6 Å². The van der Waals surface area contributed by atoms with Crippen molar-refractivity contribution < 1.29 is 0 Å². The maximum atomic E-state index is 5.24. The number of hydrogen-bond donors (Lipinski definition) is 0. The molecule has 4 heterocycles. The Morgan fingerprint density at radius 1 is 0.180 bits per heavy atom. The lowest BCUT2D eigenvalue weighted by atomic mass is 9.82. The van der Waals surface area contributed by atoms with E-state index in [0.717, 1.165) is 79.1 Å². The normalized spacial score (nSPS) is 12.3. The van der Waals surface area contributed by atoms with Crippen LogP contribution in [-0.2, 0) is 5.41 Å². The number of hydrogen-bond acceptors (Lipinski definition) is 4. The van der Waals surface area contributed by atoms with Crippen LogP contribution >= 0.6 is 0 Å². The Morgan fingerprint density at radius 3 is 0.840 bits per heavy atom. The molecule has 0 amide bonds. The lowest BCUT2D eigenvalue weighted by Gasteiger charge is -2.28. The van der Waals surface area contributed by atoms with E-state index in [1.54, 1.807) is 0 Å². The molecule has 0 aliphatic heterocycles. The molecule has 0 atom stereocenters. The van der Waals surface area contributed by atoms with Crippen LogP contribution in [0.2, 0.25) is 0 Å². The van der Waals surface area contributed by atoms with Gasteiger partial charge in [-0.3, -0.25) is 4.57 Å². The fourth-order valence-electron chi connectivity index (χ4n) is 24.3. The van der Waals surface area contributed by atoms with Crippen LogP contribution in [0.15, 0.2) is 540 Å². The first-order valence-electron chi connectivity index (χ1n) is 51.7. The van der Waals surface area contributed by atoms with Gasteiger partial charge in [-0.2, -0.15) is 0 Å². The summed E-state index contributed by atoms with van der Waals surface area (Å²) in [7, 11) is 0. The Morgan fingerprint density at radius 2 is 0.453 bits per heavy atom. The van der Waals surface area contributed by atoms with Gasteiger partial charge in [-0.15, -0.1) is 0 Å². The number of nitrogens with zero attached hydrogens (tertiary/aromatic N) is 7. The van der Waals surface area contributed by atoms with Gasteiger partial charge >= 0.3 is 0 Å². The fraction of sp³-hybridized carbons (Fsp3) is 0.0210. The van der Waals surface area contributed by atoms with Crippen molar-refractivity contribution in [2.24, 2.45) is 0 Å². The summed E-state index contributed by atoms with van der Waals surface area (Å²) in [4.78, 5) is 15.1. The van der Waals surface area contributed by atoms with E-state index >= 15 is 0 Å². The first-order valence-corrected chi connectivity index (χ1v) is 51.7. The highest BCUT2D eigenvalue weighted by Gasteiger charge is 2.37. The lowest BCUT2D eigenvalue weighted by Crippen LogP contribution is -2.16. The van der Waals surface area contributed by atoms with Crippen molar-refractivity contribution in [3.05, 3.63) is 551 Å². The zero-order valence-corrected chi connectivity index (χ0v) is 82.5. The van der Waals surface area contributed by atoms with E-state index in [4.69, 9.17) is 9.97 Å². The molecule has 0 unspecified atom stereocenters. The van der Waals surface area contributed by atoms with Gasteiger partial charge in [0.25, 0.3) is 0 Å². The topological polar surface area (TPSA) is 47.1 Å². The zero-order chi connectivity index (χ0) is 99.2. The van der Waals surface area contributed by atoms with Crippen molar-refractivity contribution in [3.8, 4) is 162 Å². The first kappa shape index (κ1) is 87.0. The number of rotatable bonds is 12. The van der Waals surface area contributed by atoms with Crippen LogP contribution in [0.5, 0.6) is 0 Å². The molecule has 0 saturated carbocycles. The predicted molar refractivity (Wildman–Crippen MR) is 628 cm³/mol. The quantitative estimate of drug-likeness (QED) is 0.122. The van der Waals surface area contributed by atoms with Crippen molar-refractivity contribution in [2.45, 2.75) is 19.3 Å². The molecule has 702 valence electrons. The van der Waals surface area contributed by atoms with Gasteiger partial charge < -0.3 is 18.9 Å². The van der Waals surface area contributed by atoms with Crippen molar-refractivity contribution >= 4 is 110 Å². The van der Waals surface area contributed by atoms with Crippen LogP contribution in [-0.4, -0.2) is 23.7 Å². The Hall–Kier alpha value is -19.6. The summed E-state index contributed by atoms with van der Waals surface area (Å²) in [5.74, 6) is 0.833. The summed E-state index contributed by atoms with van der Waals surface area (Å²) in [6.07, 6.45) is 6.98. The molecule has 27 aromatic rings. The average Bonchev–Trinajstić information content (AvgIpc) is 1.57. The molecule has 0 fully saturated rings. The highest BCUT2D eigenvalue weighted by atomic mass is 15.2. The number of benzene rings is 23. The molecule has 31 rings (SSSR count). The third kappa shape index (κ3) is 14.5. The monoisotopic (exact) mass is 1910 g/mol. The number of fused-ring (bicyclic) bond motifs is 22. The smallest absolute Gasteiger partial charge is 0.164 e. The maximum absolute atomic E-state index is 5.24. The molecule has 4 aliphatic carbocycles. The standard InChI is InChI=1S/C57H40N2.C48H32N2.C38H23N3/c1-57(2)53-21-11-10-19-47(53)48-32-31-44(35-54(48)57)59(42-15-4-3-5-16-42)43-29-25-38(26-30-43)37-23-27-41(28-24-37)58-36-52-51-34-40-14-7-6-13-39(40)33-50(51)46-18-9-8-17-45(46)49-20-12-22-55(58)56(49)52;1-3-14-38(15-4-1)50(39-16-5-2-6-17-39)40-28-24-34(25-29-40)33-22-26-37(27-23-33)49-32-46-45-31-36-13-8-7-12-35(36)30-44(45)42-19-10-9-18-41(42)43-20-11-21-47(49)48(43)46;1-2-11-24(12-3-1)37-38(40-34-19-9-8-18-33(34)39-37)41-23-32-31-22-26-14-5-4-13-25(26)21-30(31)28-16-7-6-15-27(28)29-17-10-20-35(41)36(29)32/h3-36H,1-2H3;1-32H;1-23H. The maximum Gasteiger partial charge on any atom is 0.164 e. The molecule has 23 aromatic carbocycles.